The molecule has 4 rings (SSSR count). The lowest BCUT2D eigenvalue weighted by molar-refractivity contribution is -0.116. The zero-order chi connectivity index (χ0) is 17.4. The van der Waals surface area contributed by atoms with E-state index in [0.717, 1.165) is 16.9 Å². The first-order valence-corrected chi connectivity index (χ1v) is 9.68. The maximum atomic E-state index is 12.8. The second kappa shape index (κ2) is 6.16. The standard InChI is InChI=1S/C18H18N2O4S/c21-18-8-5-12-11-13(6-7-15(12)19-18)25(22,23)20-16-9-10-24-17-4-2-1-3-14(16)17/h1-4,6-7,11,16,20H,5,8-10H2,(H,19,21)/t16-/m0/s1. The Balaban J connectivity index is 1.62. The summed E-state index contributed by atoms with van der Waals surface area (Å²) < 4.78 is 34.0. The first kappa shape index (κ1) is 16.1. The molecule has 0 radical (unpaired) electrons. The first-order chi connectivity index (χ1) is 12.0. The maximum Gasteiger partial charge on any atom is 0.241 e. The normalized spacial score (nSPS) is 19.4. The van der Waals surface area contributed by atoms with Gasteiger partial charge in [0.2, 0.25) is 15.9 Å². The smallest absolute Gasteiger partial charge is 0.241 e. The van der Waals surface area contributed by atoms with Crippen molar-refractivity contribution in [3.8, 4) is 5.75 Å². The molecule has 25 heavy (non-hydrogen) atoms. The molecule has 0 saturated heterocycles. The van der Waals surface area contributed by atoms with Gasteiger partial charge in [0.25, 0.3) is 0 Å². The van der Waals surface area contributed by atoms with Gasteiger partial charge in [0, 0.05) is 24.1 Å². The summed E-state index contributed by atoms with van der Waals surface area (Å²) in [5.41, 5.74) is 2.38. The van der Waals surface area contributed by atoms with Gasteiger partial charge in [0.15, 0.2) is 0 Å². The molecule has 0 spiro atoms. The number of aryl methyl sites for hydroxylation is 1. The molecule has 2 aliphatic heterocycles. The van der Waals surface area contributed by atoms with E-state index in [1.807, 2.05) is 24.3 Å². The SMILES string of the molecule is O=C1CCc2cc(S(=O)(=O)N[C@H]3CCOc4ccccc43)ccc2N1. The van der Waals surface area contributed by atoms with Crippen LogP contribution in [0.3, 0.4) is 0 Å². The molecule has 130 valence electrons. The fourth-order valence-corrected chi connectivity index (χ4v) is 4.55. The van der Waals surface area contributed by atoms with E-state index in [-0.39, 0.29) is 16.8 Å². The van der Waals surface area contributed by atoms with Crippen molar-refractivity contribution >= 4 is 21.6 Å². The van der Waals surface area contributed by atoms with E-state index >= 15 is 0 Å². The molecule has 0 bridgehead atoms. The number of rotatable bonds is 3. The van der Waals surface area contributed by atoms with E-state index in [9.17, 15) is 13.2 Å². The van der Waals surface area contributed by atoms with Crippen molar-refractivity contribution < 1.29 is 17.9 Å². The summed E-state index contributed by atoms with van der Waals surface area (Å²) in [4.78, 5) is 11.6. The third-order valence-electron chi connectivity index (χ3n) is 4.54. The van der Waals surface area contributed by atoms with Gasteiger partial charge < -0.3 is 10.1 Å². The molecule has 2 N–H and O–H groups in total. The number of hydrogen-bond acceptors (Lipinski definition) is 4. The van der Waals surface area contributed by atoms with E-state index in [2.05, 4.69) is 10.0 Å². The monoisotopic (exact) mass is 358 g/mol. The fraction of sp³-hybridized carbons (Fsp3) is 0.278. The van der Waals surface area contributed by atoms with Crippen molar-refractivity contribution in [1.29, 1.82) is 0 Å². The van der Waals surface area contributed by atoms with E-state index in [1.54, 1.807) is 12.1 Å². The molecular weight excluding hydrogens is 340 g/mol. The summed E-state index contributed by atoms with van der Waals surface area (Å²) in [6.45, 7) is 0.473. The Morgan fingerprint density at radius 3 is 2.84 bits per heavy atom. The fourth-order valence-electron chi connectivity index (χ4n) is 3.25. The van der Waals surface area contributed by atoms with Gasteiger partial charge >= 0.3 is 0 Å². The second-order valence-electron chi connectivity index (χ2n) is 6.22. The van der Waals surface area contributed by atoms with E-state index in [0.29, 0.717) is 31.6 Å². The van der Waals surface area contributed by atoms with Crippen LogP contribution in [0.5, 0.6) is 5.75 Å². The Morgan fingerprint density at radius 2 is 1.96 bits per heavy atom. The average molecular weight is 358 g/mol. The van der Waals surface area contributed by atoms with Crippen LogP contribution in [0.15, 0.2) is 47.4 Å². The van der Waals surface area contributed by atoms with Crippen molar-refractivity contribution in [3.05, 3.63) is 53.6 Å². The zero-order valence-corrected chi connectivity index (χ0v) is 14.3. The average Bonchev–Trinajstić information content (AvgIpc) is 2.61. The Labute approximate surface area is 146 Å². The number of sulfonamides is 1. The van der Waals surface area contributed by atoms with Gasteiger partial charge in [0.1, 0.15) is 5.75 Å². The minimum atomic E-state index is -3.67. The van der Waals surface area contributed by atoms with Crippen LogP contribution in [0.1, 0.15) is 30.0 Å². The quantitative estimate of drug-likeness (QED) is 0.882. The summed E-state index contributed by atoms with van der Waals surface area (Å²) in [5.74, 6) is 0.676. The van der Waals surface area contributed by atoms with Gasteiger partial charge in [-0.3, -0.25) is 4.79 Å². The molecule has 2 aliphatic rings. The van der Waals surface area contributed by atoms with Crippen LogP contribution in [0.2, 0.25) is 0 Å². The second-order valence-corrected chi connectivity index (χ2v) is 7.93. The Hall–Kier alpha value is -2.38. The number of amides is 1. The van der Waals surface area contributed by atoms with E-state index < -0.39 is 10.0 Å². The molecule has 0 fully saturated rings. The molecule has 0 saturated carbocycles. The highest BCUT2D eigenvalue weighted by Gasteiger charge is 2.27. The van der Waals surface area contributed by atoms with Crippen LogP contribution < -0.4 is 14.8 Å². The molecule has 2 aromatic carbocycles. The number of carbonyl (C=O) groups is 1. The molecular formula is C18H18N2O4S. The van der Waals surface area contributed by atoms with Crippen LogP contribution in [0.4, 0.5) is 5.69 Å². The van der Waals surface area contributed by atoms with E-state index in [4.69, 9.17) is 4.74 Å². The molecule has 2 heterocycles. The van der Waals surface area contributed by atoms with E-state index in [1.165, 1.54) is 6.07 Å². The number of para-hydroxylation sites is 1. The van der Waals surface area contributed by atoms with Gasteiger partial charge in [-0.15, -0.1) is 0 Å². The number of fused-ring (bicyclic) bond motifs is 2. The molecule has 2 aromatic rings. The lowest BCUT2D eigenvalue weighted by atomic mass is 10.0. The summed E-state index contributed by atoms with van der Waals surface area (Å²) in [7, 11) is -3.67. The van der Waals surface area contributed by atoms with Gasteiger partial charge in [-0.1, -0.05) is 18.2 Å². The van der Waals surface area contributed by atoms with Gasteiger partial charge in [0.05, 0.1) is 17.5 Å². The van der Waals surface area contributed by atoms with Crippen molar-refractivity contribution in [3.63, 3.8) is 0 Å². The van der Waals surface area contributed by atoms with Crippen molar-refractivity contribution in [2.75, 3.05) is 11.9 Å². The van der Waals surface area contributed by atoms with Gasteiger partial charge in [-0.25, -0.2) is 13.1 Å². The molecule has 7 heteroatoms. The lowest BCUT2D eigenvalue weighted by Crippen LogP contribution is -2.32. The van der Waals surface area contributed by atoms with Crippen LogP contribution in [0.25, 0.3) is 0 Å². The van der Waals surface area contributed by atoms with Crippen LogP contribution >= 0.6 is 0 Å². The van der Waals surface area contributed by atoms with Gasteiger partial charge in [-0.05, 0) is 36.2 Å². The summed E-state index contributed by atoms with van der Waals surface area (Å²) >= 11 is 0. The highest BCUT2D eigenvalue weighted by molar-refractivity contribution is 7.89. The maximum absolute atomic E-state index is 12.8. The number of anilines is 1. The highest BCUT2D eigenvalue weighted by atomic mass is 32.2. The van der Waals surface area contributed by atoms with Crippen molar-refractivity contribution in [2.24, 2.45) is 0 Å². The summed E-state index contributed by atoms with van der Waals surface area (Å²) in [5, 5.41) is 2.76. The molecule has 1 atom stereocenters. The third-order valence-corrected chi connectivity index (χ3v) is 6.01. The van der Waals surface area contributed by atoms with Crippen molar-refractivity contribution in [1.82, 2.24) is 4.72 Å². The molecule has 0 unspecified atom stereocenters. The number of ether oxygens (including phenoxy) is 1. The molecule has 6 nitrogen and oxygen atoms in total. The minimum absolute atomic E-state index is 0.0416. The number of hydrogen-bond donors (Lipinski definition) is 2. The van der Waals surface area contributed by atoms with Crippen LogP contribution in [-0.4, -0.2) is 20.9 Å². The minimum Gasteiger partial charge on any atom is -0.493 e. The highest BCUT2D eigenvalue weighted by Crippen LogP contribution is 2.33. The first-order valence-electron chi connectivity index (χ1n) is 8.20. The van der Waals surface area contributed by atoms with Crippen LogP contribution in [0, 0.1) is 0 Å². The third kappa shape index (κ3) is 3.12. The summed E-state index contributed by atoms with van der Waals surface area (Å²) in [6, 6.07) is 12.0. The van der Waals surface area contributed by atoms with Crippen LogP contribution in [-0.2, 0) is 21.2 Å². The predicted molar refractivity (Wildman–Crippen MR) is 93.0 cm³/mol. The number of benzene rings is 2. The molecule has 1 amide bonds. The van der Waals surface area contributed by atoms with Gasteiger partial charge in [-0.2, -0.15) is 0 Å². The number of carbonyl (C=O) groups excluding carboxylic acids is 1. The Kier molecular flexibility index (Phi) is 3.97. The van der Waals surface area contributed by atoms with Crippen molar-refractivity contribution in [2.45, 2.75) is 30.2 Å². The zero-order valence-electron chi connectivity index (χ0n) is 13.5. The topological polar surface area (TPSA) is 84.5 Å². The largest absolute Gasteiger partial charge is 0.493 e. The lowest BCUT2D eigenvalue weighted by Gasteiger charge is -2.26. The molecule has 0 aromatic heterocycles. The number of nitrogens with one attached hydrogen (secondary N) is 2. The molecule has 0 aliphatic carbocycles. The predicted octanol–water partition coefficient (Wildman–Crippen LogP) is 2.37. The summed E-state index contributed by atoms with van der Waals surface area (Å²) in [6.07, 6.45) is 1.50. The Bertz CT molecular complexity index is 940. The Morgan fingerprint density at radius 1 is 1.12 bits per heavy atom.